The molecule has 1 aliphatic rings. The summed E-state index contributed by atoms with van der Waals surface area (Å²) in [5.74, 6) is 2.84. The van der Waals surface area contributed by atoms with Crippen molar-refractivity contribution < 1.29 is 4.79 Å². The van der Waals surface area contributed by atoms with Gasteiger partial charge in [0, 0.05) is 6.54 Å². The average Bonchev–Trinajstić information content (AvgIpc) is 2.27. The van der Waals surface area contributed by atoms with Gasteiger partial charge in [-0.2, -0.15) is 17.0 Å². The van der Waals surface area contributed by atoms with Gasteiger partial charge in [0.05, 0.1) is 6.07 Å². The van der Waals surface area contributed by atoms with Crippen LogP contribution in [0.1, 0.15) is 26.7 Å². The molecule has 84 valence electrons. The molecule has 0 bridgehead atoms. The molecule has 0 aromatic rings. The van der Waals surface area contributed by atoms with Gasteiger partial charge in [-0.05, 0) is 44.1 Å². The molecular formula is C11H18N2OS. The second kappa shape index (κ2) is 5.41. The van der Waals surface area contributed by atoms with Crippen LogP contribution in [-0.2, 0) is 4.79 Å². The highest BCUT2D eigenvalue weighted by Gasteiger charge is 2.27. The summed E-state index contributed by atoms with van der Waals surface area (Å²) < 4.78 is 0. The molecule has 0 atom stereocenters. The number of nitrogens with zero attached hydrogens (tertiary/aromatic N) is 1. The van der Waals surface area contributed by atoms with Gasteiger partial charge in [0.2, 0.25) is 5.91 Å². The van der Waals surface area contributed by atoms with Crippen molar-refractivity contribution in [3.63, 3.8) is 0 Å². The summed E-state index contributed by atoms with van der Waals surface area (Å²) >= 11 is 1.98. The zero-order valence-corrected chi connectivity index (χ0v) is 10.2. The fourth-order valence-electron chi connectivity index (χ4n) is 1.46. The molecule has 1 fully saturated rings. The smallest absolute Gasteiger partial charge is 0.239 e. The zero-order valence-electron chi connectivity index (χ0n) is 9.38. The number of thioether (sulfide) groups is 1. The minimum atomic E-state index is -0.899. The van der Waals surface area contributed by atoms with Crippen LogP contribution in [-0.4, -0.2) is 24.0 Å². The Labute approximate surface area is 95.6 Å². The van der Waals surface area contributed by atoms with Gasteiger partial charge in [-0.25, -0.2) is 0 Å². The van der Waals surface area contributed by atoms with E-state index in [0.29, 0.717) is 5.92 Å². The topological polar surface area (TPSA) is 52.9 Å². The molecule has 0 unspecified atom stereocenters. The quantitative estimate of drug-likeness (QED) is 0.798. The standard InChI is InChI=1S/C11H18N2OS/c1-11(2,8-12)10(14)13-7-9-3-5-15-6-4-9/h9H,3-7H2,1-2H3,(H,13,14). The van der Waals surface area contributed by atoms with Crippen molar-refractivity contribution >= 4 is 17.7 Å². The van der Waals surface area contributed by atoms with Gasteiger partial charge in [0.15, 0.2) is 0 Å². The van der Waals surface area contributed by atoms with Crippen LogP contribution in [0.5, 0.6) is 0 Å². The summed E-state index contributed by atoms with van der Waals surface area (Å²) in [6.07, 6.45) is 2.36. The first-order valence-corrected chi connectivity index (χ1v) is 6.49. The molecule has 0 aromatic carbocycles. The van der Waals surface area contributed by atoms with E-state index in [1.54, 1.807) is 13.8 Å². The Balaban J connectivity index is 2.30. The van der Waals surface area contributed by atoms with Crippen molar-refractivity contribution in [2.24, 2.45) is 11.3 Å². The lowest BCUT2D eigenvalue weighted by Crippen LogP contribution is -2.39. The monoisotopic (exact) mass is 226 g/mol. The van der Waals surface area contributed by atoms with Crippen LogP contribution in [0.25, 0.3) is 0 Å². The average molecular weight is 226 g/mol. The van der Waals surface area contributed by atoms with E-state index in [4.69, 9.17) is 5.26 Å². The Morgan fingerprint density at radius 3 is 2.67 bits per heavy atom. The van der Waals surface area contributed by atoms with Gasteiger partial charge in [-0.15, -0.1) is 0 Å². The molecule has 1 aliphatic heterocycles. The van der Waals surface area contributed by atoms with Crippen molar-refractivity contribution in [2.45, 2.75) is 26.7 Å². The van der Waals surface area contributed by atoms with Gasteiger partial charge in [-0.3, -0.25) is 4.79 Å². The molecule has 0 radical (unpaired) electrons. The Morgan fingerprint density at radius 2 is 2.13 bits per heavy atom. The lowest BCUT2D eigenvalue weighted by atomic mass is 9.94. The highest BCUT2D eigenvalue weighted by molar-refractivity contribution is 7.99. The molecule has 1 N–H and O–H groups in total. The van der Waals surface area contributed by atoms with Gasteiger partial charge in [-0.1, -0.05) is 0 Å². The predicted octanol–water partition coefficient (Wildman–Crippen LogP) is 1.80. The van der Waals surface area contributed by atoms with E-state index in [-0.39, 0.29) is 5.91 Å². The lowest BCUT2D eigenvalue weighted by Gasteiger charge is -2.23. The number of hydrogen-bond donors (Lipinski definition) is 1. The fourth-order valence-corrected chi connectivity index (χ4v) is 2.66. The van der Waals surface area contributed by atoms with E-state index < -0.39 is 5.41 Å². The molecule has 3 nitrogen and oxygen atoms in total. The first-order chi connectivity index (χ1) is 7.06. The minimum Gasteiger partial charge on any atom is -0.354 e. The summed E-state index contributed by atoms with van der Waals surface area (Å²) in [5.41, 5.74) is -0.899. The van der Waals surface area contributed by atoms with Gasteiger partial charge in [0.1, 0.15) is 5.41 Å². The minimum absolute atomic E-state index is 0.150. The number of nitriles is 1. The second-order valence-corrected chi connectivity index (χ2v) is 5.73. The summed E-state index contributed by atoms with van der Waals surface area (Å²) in [4.78, 5) is 11.6. The fraction of sp³-hybridized carbons (Fsp3) is 0.818. The highest BCUT2D eigenvalue weighted by Crippen LogP contribution is 2.22. The van der Waals surface area contributed by atoms with Gasteiger partial charge < -0.3 is 5.32 Å². The third-order valence-electron chi connectivity index (χ3n) is 2.74. The maximum Gasteiger partial charge on any atom is 0.239 e. The van der Waals surface area contributed by atoms with E-state index in [0.717, 1.165) is 6.54 Å². The van der Waals surface area contributed by atoms with Crippen LogP contribution < -0.4 is 5.32 Å². The van der Waals surface area contributed by atoms with Crippen LogP contribution in [0, 0.1) is 22.7 Å². The van der Waals surface area contributed by atoms with E-state index in [1.807, 2.05) is 17.8 Å². The summed E-state index contributed by atoms with van der Waals surface area (Å²) in [7, 11) is 0. The molecular weight excluding hydrogens is 208 g/mol. The first kappa shape index (κ1) is 12.4. The molecule has 0 saturated carbocycles. The predicted molar refractivity (Wildman–Crippen MR) is 62.5 cm³/mol. The molecule has 4 heteroatoms. The number of carbonyl (C=O) groups excluding carboxylic acids is 1. The molecule has 0 aliphatic carbocycles. The summed E-state index contributed by atoms with van der Waals surface area (Å²) in [6, 6.07) is 2.01. The number of hydrogen-bond acceptors (Lipinski definition) is 3. The van der Waals surface area contributed by atoms with E-state index in [1.165, 1.54) is 24.3 Å². The third-order valence-corrected chi connectivity index (χ3v) is 3.79. The third kappa shape index (κ3) is 3.75. The lowest BCUT2D eigenvalue weighted by molar-refractivity contribution is -0.127. The van der Waals surface area contributed by atoms with Crippen LogP contribution in [0.2, 0.25) is 0 Å². The van der Waals surface area contributed by atoms with Crippen LogP contribution >= 0.6 is 11.8 Å². The largest absolute Gasteiger partial charge is 0.354 e. The molecule has 1 saturated heterocycles. The number of rotatable bonds is 3. The second-order valence-electron chi connectivity index (χ2n) is 4.50. The SMILES string of the molecule is CC(C)(C#N)C(=O)NCC1CCSCC1. The molecule has 0 aromatic heterocycles. The van der Waals surface area contributed by atoms with Crippen LogP contribution in [0.4, 0.5) is 0 Å². The van der Waals surface area contributed by atoms with Crippen molar-refractivity contribution in [2.75, 3.05) is 18.1 Å². The van der Waals surface area contributed by atoms with Gasteiger partial charge >= 0.3 is 0 Å². The summed E-state index contributed by atoms with van der Waals surface area (Å²) in [6.45, 7) is 4.03. The Bertz CT molecular complexity index is 264. The Kier molecular flexibility index (Phi) is 4.46. The van der Waals surface area contributed by atoms with Crippen molar-refractivity contribution in [1.29, 1.82) is 5.26 Å². The molecule has 1 amide bonds. The number of carbonyl (C=O) groups is 1. The van der Waals surface area contributed by atoms with Crippen molar-refractivity contribution in [3.05, 3.63) is 0 Å². The normalized spacial score (nSPS) is 18.2. The molecule has 0 spiro atoms. The summed E-state index contributed by atoms with van der Waals surface area (Å²) in [5, 5.41) is 11.7. The van der Waals surface area contributed by atoms with Crippen LogP contribution in [0.3, 0.4) is 0 Å². The number of amides is 1. The number of nitrogens with one attached hydrogen (secondary N) is 1. The molecule has 1 heterocycles. The van der Waals surface area contributed by atoms with E-state index in [9.17, 15) is 4.79 Å². The first-order valence-electron chi connectivity index (χ1n) is 5.33. The highest BCUT2D eigenvalue weighted by atomic mass is 32.2. The maximum atomic E-state index is 11.6. The maximum absolute atomic E-state index is 11.6. The van der Waals surface area contributed by atoms with E-state index >= 15 is 0 Å². The van der Waals surface area contributed by atoms with Crippen LogP contribution in [0.15, 0.2) is 0 Å². The van der Waals surface area contributed by atoms with Gasteiger partial charge in [0.25, 0.3) is 0 Å². The molecule has 15 heavy (non-hydrogen) atoms. The van der Waals surface area contributed by atoms with Crippen molar-refractivity contribution in [1.82, 2.24) is 5.32 Å². The van der Waals surface area contributed by atoms with Crippen molar-refractivity contribution in [3.8, 4) is 6.07 Å². The zero-order chi connectivity index (χ0) is 11.3. The Hall–Kier alpha value is -0.690. The van der Waals surface area contributed by atoms with E-state index in [2.05, 4.69) is 5.32 Å². The Morgan fingerprint density at radius 1 is 1.53 bits per heavy atom. The molecule has 1 rings (SSSR count).